The minimum atomic E-state index is 0.266. The Morgan fingerprint density at radius 3 is 2.56 bits per heavy atom. The van der Waals surface area contributed by atoms with Gasteiger partial charge < -0.3 is 16.0 Å². The van der Waals surface area contributed by atoms with Crippen molar-refractivity contribution in [3.63, 3.8) is 0 Å². The van der Waals surface area contributed by atoms with Crippen LogP contribution in [0.25, 0.3) is 0 Å². The van der Waals surface area contributed by atoms with E-state index in [4.69, 9.17) is 5.73 Å². The second-order valence-electron chi connectivity index (χ2n) is 6.73. The topological polar surface area (TPSA) is 41.3 Å². The molecule has 2 heterocycles. The molecular weight excluding hydrogens is 222 g/mol. The Labute approximate surface area is 111 Å². The van der Waals surface area contributed by atoms with Gasteiger partial charge in [-0.15, -0.1) is 0 Å². The van der Waals surface area contributed by atoms with Crippen molar-refractivity contribution in [1.82, 2.24) is 10.2 Å². The van der Waals surface area contributed by atoms with Gasteiger partial charge in [0.15, 0.2) is 0 Å². The summed E-state index contributed by atoms with van der Waals surface area (Å²) < 4.78 is 0. The standard InChI is InChI=1S/C15H29N3/c16-12-15(8-10-18-9-7-13(15)11-18)17-14-5-3-1-2-4-6-14/h13-14,17H,1-12,16H2. The first-order chi connectivity index (χ1) is 8.82. The van der Waals surface area contributed by atoms with Crippen LogP contribution in [0.4, 0.5) is 0 Å². The van der Waals surface area contributed by atoms with E-state index in [2.05, 4.69) is 10.2 Å². The van der Waals surface area contributed by atoms with Gasteiger partial charge in [-0.25, -0.2) is 0 Å². The van der Waals surface area contributed by atoms with Crippen molar-refractivity contribution in [2.24, 2.45) is 11.7 Å². The first-order valence-electron chi connectivity index (χ1n) is 8.02. The first kappa shape index (κ1) is 12.9. The summed E-state index contributed by atoms with van der Waals surface area (Å²) >= 11 is 0. The maximum atomic E-state index is 6.20. The van der Waals surface area contributed by atoms with Crippen molar-refractivity contribution in [2.75, 3.05) is 26.2 Å². The fourth-order valence-corrected chi connectivity index (χ4v) is 4.40. The predicted octanol–water partition coefficient (Wildman–Crippen LogP) is 1.72. The van der Waals surface area contributed by atoms with E-state index >= 15 is 0 Å². The van der Waals surface area contributed by atoms with Crippen LogP contribution in [0.2, 0.25) is 0 Å². The van der Waals surface area contributed by atoms with Crippen LogP contribution in [0, 0.1) is 5.92 Å². The third-order valence-electron chi connectivity index (χ3n) is 5.64. The van der Waals surface area contributed by atoms with Crippen molar-refractivity contribution in [3.8, 4) is 0 Å². The van der Waals surface area contributed by atoms with Crippen molar-refractivity contribution < 1.29 is 0 Å². The molecule has 0 aromatic rings. The van der Waals surface area contributed by atoms with Gasteiger partial charge in [0, 0.05) is 24.7 Å². The Kier molecular flexibility index (Phi) is 3.92. The molecule has 3 aliphatic rings. The molecule has 2 saturated heterocycles. The molecule has 0 spiro atoms. The number of fused-ring (bicyclic) bond motifs is 2. The van der Waals surface area contributed by atoms with E-state index in [-0.39, 0.29) is 5.54 Å². The van der Waals surface area contributed by atoms with Crippen LogP contribution < -0.4 is 11.1 Å². The molecule has 0 radical (unpaired) electrons. The minimum absolute atomic E-state index is 0.266. The van der Waals surface area contributed by atoms with E-state index in [1.165, 1.54) is 71.0 Å². The van der Waals surface area contributed by atoms with Crippen LogP contribution in [-0.2, 0) is 0 Å². The maximum absolute atomic E-state index is 6.20. The lowest BCUT2D eigenvalue weighted by Crippen LogP contribution is -2.63. The molecule has 1 saturated carbocycles. The van der Waals surface area contributed by atoms with Crippen molar-refractivity contribution in [2.45, 2.75) is 62.9 Å². The molecule has 3 nitrogen and oxygen atoms in total. The number of nitrogens with two attached hydrogens (primary N) is 1. The van der Waals surface area contributed by atoms with E-state index in [9.17, 15) is 0 Å². The predicted molar refractivity (Wildman–Crippen MR) is 75.6 cm³/mol. The third-order valence-corrected chi connectivity index (χ3v) is 5.64. The van der Waals surface area contributed by atoms with Crippen LogP contribution in [0.5, 0.6) is 0 Å². The lowest BCUT2D eigenvalue weighted by molar-refractivity contribution is 0.120. The van der Waals surface area contributed by atoms with Crippen LogP contribution in [0.15, 0.2) is 0 Å². The Morgan fingerprint density at radius 2 is 1.83 bits per heavy atom. The van der Waals surface area contributed by atoms with Gasteiger partial charge in [-0.2, -0.15) is 0 Å². The molecule has 104 valence electrons. The summed E-state index contributed by atoms with van der Waals surface area (Å²) in [5.74, 6) is 0.805. The average Bonchev–Trinajstić information content (AvgIpc) is 2.64. The van der Waals surface area contributed by atoms with Crippen LogP contribution in [0.3, 0.4) is 0 Å². The van der Waals surface area contributed by atoms with Gasteiger partial charge in [0.05, 0.1) is 0 Å². The van der Waals surface area contributed by atoms with E-state index in [1.54, 1.807) is 0 Å². The normalized spacial score (nSPS) is 41.8. The summed E-state index contributed by atoms with van der Waals surface area (Å²) in [6.07, 6.45) is 11.1. The van der Waals surface area contributed by atoms with E-state index < -0.39 is 0 Å². The highest BCUT2D eigenvalue weighted by atomic mass is 15.2. The zero-order valence-corrected chi connectivity index (χ0v) is 11.7. The van der Waals surface area contributed by atoms with Gasteiger partial charge in [0.2, 0.25) is 0 Å². The van der Waals surface area contributed by atoms with E-state index in [1.807, 2.05) is 0 Å². The summed E-state index contributed by atoms with van der Waals surface area (Å²) in [5.41, 5.74) is 6.46. The summed E-state index contributed by atoms with van der Waals surface area (Å²) in [4.78, 5) is 2.62. The maximum Gasteiger partial charge on any atom is 0.0359 e. The summed E-state index contributed by atoms with van der Waals surface area (Å²) in [7, 11) is 0. The molecule has 0 aromatic heterocycles. The van der Waals surface area contributed by atoms with Crippen LogP contribution >= 0.6 is 0 Å². The summed E-state index contributed by atoms with van der Waals surface area (Å²) in [6.45, 7) is 4.69. The van der Waals surface area contributed by atoms with Gasteiger partial charge in [-0.3, -0.25) is 0 Å². The third kappa shape index (κ3) is 2.45. The Bertz CT molecular complexity index is 273. The highest BCUT2D eigenvalue weighted by Gasteiger charge is 2.45. The van der Waals surface area contributed by atoms with Crippen molar-refractivity contribution in [1.29, 1.82) is 0 Å². The zero-order chi connectivity index (χ0) is 12.4. The zero-order valence-electron chi connectivity index (χ0n) is 11.7. The molecule has 3 rings (SSSR count). The SMILES string of the molecule is NCC1(NC2CCCCCC2)CCN2CCC1C2. The first-order valence-corrected chi connectivity index (χ1v) is 8.02. The molecular formula is C15H29N3. The Morgan fingerprint density at radius 1 is 1.06 bits per heavy atom. The van der Waals surface area contributed by atoms with Crippen LogP contribution in [-0.4, -0.2) is 42.7 Å². The number of rotatable bonds is 3. The number of nitrogens with zero attached hydrogens (tertiary/aromatic N) is 1. The number of hydrogen-bond acceptors (Lipinski definition) is 3. The second kappa shape index (κ2) is 5.48. The average molecular weight is 251 g/mol. The van der Waals surface area contributed by atoms with Gasteiger partial charge in [-0.1, -0.05) is 25.7 Å². The summed E-state index contributed by atoms with van der Waals surface area (Å²) in [5, 5.41) is 4.04. The molecule has 2 bridgehead atoms. The fraction of sp³-hybridized carbons (Fsp3) is 1.00. The number of piperidine rings is 1. The fourth-order valence-electron chi connectivity index (χ4n) is 4.40. The molecule has 3 unspecified atom stereocenters. The largest absolute Gasteiger partial charge is 0.329 e. The van der Waals surface area contributed by atoms with Crippen LogP contribution in [0.1, 0.15) is 51.4 Å². The molecule has 0 aromatic carbocycles. The highest BCUT2D eigenvalue weighted by Crippen LogP contribution is 2.36. The van der Waals surface area contributed by atoms with E-state index in [0.29, 0.717) is 0 Å². The Hall–Kier alpha value is -0.120. The lowest BCUT2D eigenvalue weighted by atomic mass is 9.78. The molecule has 3 heteroatoms. The molecule has 3 fully saturated rings. The molecule has 2 aliphatic heterocycles. The molecule has 3 atom stereocenters. The Balaban J connectivity index is 1.67. The highest BCUT2D eigenvalue weighted by molar-refractivity contribution is 5.05. The lowest BCUT2D eigenvalue weighted by Gasteiger charge is -2.45. The molecule has 18 heavy (non-hydrogen) atoms. The van der Waals surface area contributed by atoms with E-state index in [0.717, 1.165) is 18.5 Å². The van der Waals surface area contributed by atoms with Gasteiger partial charge in [0.1, 0.15) is 0 Å². The van der Waals surface area contributed by atoms with Crippen molar-refractivity contribution >= 4 is 0 Å². The smallest absolute Gasteiger partial charge is 0.0359 e. The van der Waals surface area contributed by atoms with Gasteiger partial charge >= 0.3 is 0 Å². The number of hydrogen-bond donors (Lipinski definition) is 2. The minimum Gasteiger partial charge on any atom is -0.329 e. The summed E-state index contributed by atoms with van der Waals surface area (Å²) in [6, 6.07) is 0.739. The van der Waals surface area contributed by atoms with Crippen molar-refractivity contribution in [3.05, 3.63) is 0 Å². The second-order valence-corrected chi connectivity index (χ2v) is 6.73. The monoisotopic (exact) mass is 251 g/mol. The van der Waals surface area contributed by atoms with Gasteiger partial charge in [0.25, 0.3) is 0 Å². The molecule has 1 aliphatic carbocycles. The molecule has 3 N–H and O–H groups in total. The quantitative estimate of drug-likeness (QED) is 0.751. The number of nitrogens with one attached hydrogen (secondary N) is 1. The molecule has 0 amide bonds. The van der Waals surface area contributed by atoms with Gasteiger partial charge in [-0.05, 0) is 44.7 Å².